The van der Waals surface area contributed by atoms with E-state index in [9.17, 15) is 4.79 Å². The predicted octanol–water partition coefficient (Wildman–Crippen LogP) is 5.10. The van der Waals surface area contributed by atoms with Crippen molar-refractivity contribution in [3.8, 4) is 0 Å². The Kier molecular flexibility index (Phi) is 7.00. The smallest absolute Gasteiger partial charge is 0.227 e. The minimum atomic E-state index is 0.0786. The summed E-state index contributed by atoms with van der Waals surface area (Å²) in [4.78, 5) is 12.1. The Morgan fingerprint density at radius 1 is 1.44 bits per heavy atom. The highest BCUT2D eigenvalue weighted by Crippen LogP contribution is 2.25. The van der Waals surface area contributed by atoms with Crippen LogP contribution in [0.15, 0.2) is 18.2 Å². The van der Waals surface area contributed by atoms with Crippen molar-refractivity contribution in [3.05, 3.63) is 26.8 Å². The van der Waals surface area contributed by atoms with Crippen LogP contribution in [0.25, 0.3) is 0 Å². The van der Waals surface area contributed by atoms with E-state index >= 15 is 0 Å². The zero-order chi connectivity index (χ0) is 13.5. The van der Waals surface area contributed by atoms with E-state index in [1.807, 2.05) is 18.2 Å². The van der Waals surface area contributed by atoms with E-state index in [0.29, 0.717) is 10.7 Å². The highest BCUT2D eigenvalue weighted by atomic mass is 127. The molecule has 1 rings (SSSR count). The molecule has 0 saturated heterocycles. The Hall–Kier alpha value is -0.290. The number of halogens is 2. The predicted molar refractivity (Wildman–Crippen MR) is 86.1 cm³/mol. The van der Waals surface area contributed by atoms with Crippen LogP contribution >= 0.6 is 34.2 Å². The third-order valence-electron chi connectivity index (χ3n) is 2.96. The molecule has 1 N–H and O–H groups in total. The monoisotopic (exact) mass is 379 g/mol. The first-order chi connectivity index (χ1) is 8.58. The quantitative estimate of drug-likeness (QED) is 0.685. The number of carbonyl (C=O) groups excluding carboxylic acids is 1. The van der Waals surface area contributed by atoms with Crippen molar-refractivity contribution in [3.63, 3.8) is 0 Å². The van der Waals surface area contributed by atoms with Gasteiger partial charge in [0.25, 0.3) is 0 Å². The molecule has 1 aromatic rings. The maximum Gasteiger partial charge on any atom is 0.227 e. The molecule has 1 atom stereocenters. The fourth-order valence-electron chi connectivity index (χ4n) is 1.80. The van der Waals surface area contributed by atoms with Gasteiger partial charge in [0, 0.05) is 9.49 Å². The summed E-state index contributed by atoms with van der Waals surface area (Å²) in [6.45, 7) is 4.19. The highest BCUT2D eigenvalue weighted by Gasteiger charge is 2.16. The van der Waals surface area contributed by atoms with Crippen molar-refractivity contribution in [2.45, 2.75) is 39.5 Å². The molecular formula is C14H19ClINO. The van der Waals surface area contributed by atoms with Crippen LogP contribution in [0.1, 0.15) is 39.5 Å². The second kappa shape index (κ2) is 8.00. The van der Waals surface area contributed by atoms with Crippen LogP contribution in [0, 0.1) is 9.49 Å². The maximum atomic E-state index is 12.1. The summed E-state index contributed by atoms with van der Waals surface area (Å²) in [6, 6.07) is 5.63. The van der Waals surface area contributed by atoms with E-state index in [0.717, 1.165) is 29.3 Å². The van der Waals surface area contributed by atoms with Crippen molar-refractivity contribution in [1.29, 1.82) is 0 Å². The minimum absolute atomic E-state index is 0.0786. The Morgan fingerprint density at radius 2 is 2.17 bits per heavy atom. The van der Waals surface area contributed by atoms with Crippen LogP contribution in [0.3, 0.4) is 0 Å². The largest absolute Gasteiger partial charge is 0.324 e. The molecular weight excluding hydrogens is 361 g/mol. The van der Waals surface area contributed by atoms with Gasteiger partial charge in [-0.1, -0.05) is 38.3 Å². The molecule has 4 heteroatoms. The topological polar surface area (TPSA) is 29.1 Å². The lowest BCUT2D eigenvalue weighted by Gasteiger charge is -2.15. The van der Waals surface area contributed by atoms with Gasteiger partial charge >= 0.3 is 0 Å². The van der Waals surface area contributed by atoms with E-state index in [4.69, 9.17) is 11.6 Å². The Morgan fingerprint density at radius 3 is 2.78 bits per heavy atom. The van der Waals surface area contributed by atoms with Gasteiger partial charge in [-0.15, -0.1) is 0 Å². The number of rotatable bonds is 6. The Labute approximate surface area is 128 Å². The Balaban J connectivity index is 2.70. The molecule has 1 unspecified atom stereocenters. The average Bonchev–Trinajstić information content (AvgIpc) is 2.35. The second-order valence-electron chi connectivity index (χ2n) is 4.36. The molecule has 0 aliphatic heterocycles. The molecule has 0 radical (unpaired) electrons. The summed E-state index contributed by atoms with van der Waals surface area (Å²) in [6.07, 6.45) is 4.02. The summed E-state index contributed by atoms with van der Waals surface area (Å²) in [7, 11) is 0. The van der Waals surface area contributed by atoms with Gasteiger partial charge in [-0.05, 0) is 53.6 Å². The fraction of sp³-hybridized carbons (Fsp3) is 0.500. The van der Waals surface area contributed by atoms with Gasteiger partial charge in [0.2, 0.25) is 5.91 Å². The summed E-state index contributed by atoms with van der Waals surface area (Å²) in [5.74, 6) is 0.161. The summed E-state index contributed by atoms with van der Waals surface area (Å²) in [5, 5.41) is 3.53. The molecule has 0 fully saturated rings. The van der Waals surface area contributed by atoms with Gasteiger partial charge in [-0.3, -0.25) is 4.79 Å². The van der Waals surface area contributed by atoms with Crippen LogP contribution in [0.5, 0.6) is 0 Å². The summed E-state index contributed by atoms with van der Waals surface area (Å²) < 4.78 is 1.06. The van der Waals surface area contributed by atoms with Gasteiger partial charge < -0.3 is 5.32 Å². The number of nitrogens with one attached hydrogen (secondary N) is 1. The van der Waals surface area contributed by atoms with Crippen molar-refractivity contribution < 1.29 is 4.79 Å². The van der Waals surface area contributed by atoms with Crippen LogP contribution in [-0.2, 0) is 4.79 Å². The van der Waals surface area contributed by atoms with E-state index in [1.165, 1.54) is 0 Å². The zero-order valence-electron chi connectivity index (χ0n) is 10.8. The lowest BCUT2D eigenvalue weighted by Crippen LogP contribution is -2.22. The lowest BCUT2D eigenvalue weighted by atomic mass is 9.98. The van der Waals surface area contributed by atoms with Gasteiger partial charge in [0.05, 0.1) is 10.7 Å². The summed E-state index contributed by atoms with van der Waals surface area (Å²) in [5.41, 5.74) is 0.712. The van der Waals surface area contributed by atoms with Gasteiger partial charge in [0.15, 0.2) is 0 Å². The highest BCUT2D eigenvalue weighted by molar-refractivity contribution is 14.1. The van der Waals surface area contributed by atoms with Crippen molar-refractivity contribution in [2.75, 3.05) is 5.32 Å². The van der Waals surface area contributed by atoms with Gasteiger partial charge in [0.1, 0.15) is 0 Å². The SMILES string of the molecule is CCCCC(CC)C(=O)Nc1cc(I)ccc1Cl. The fourth-order valence-corrected chi connectivity index (χ4v) is 2.46. The normalized spacial score (nSPS) is 12.2. The van der Waals surface area contributed by atoms with E-state index in [1.54, 1.807) is 0 Å². The zero-order valence-corrected chi connectivity index (χ0v) is 13.7. The number of carbonyl (C=O) groups is 1. The first-order valence-corrected chi connectivity index (χ1v) is 7.80. The first-order valence-electron chi connectivity index (χ1n) is 6.34. The van der Waals surface area contributed by atoms with Gasteiger partial charge in [-0.2, -0.15) is 0 Å². The number of hydrogen-bond acceptors (Lipinski definition) is 1. The molecule has 0 aliphatic carbocycles. The average molecular weight is 380 g/mol. The molecule has 1 amide bonds. The second-order valence-corrected chi connectivity index (χ2v) is 6.01. The molecule has 0 aliphatic rings. The number of hydrogen-bond donors (Lipinski definition) is 1. The van der Waals surface area contributed by atoms with Crippen LogP contribution in [-0.4, -0.2) is 5.91 Å². The van der Waals surface area contributed by atoms with Crippen LogP contribution in [0.4, 0.5) is 5.69 Å². The third-order valence-corrected chi connectivity index (χ3v) is 3.96. The van der Waals surface area contributed by atoms with Crippen molar-refractivity contribution >= 4 is 45.8 Å². The van der Waals surface area contributed by atoms with E-state index in [2.05, 4.69) is 41.8 Å². The number of anilines is 1. The third kappa shape index (κ3) is 4.76. The standard InChI is InChI=1S/C14H19ClINO/c1-3-5-6-10(4-2)14(18)17-13-9-11(16)7-8-12(13)15/h7-10H,3-6H2,1-2H3,(H,17,18). The molecule has 0 saturated carbocycles. The van der Waals surface area contributed by atoms with E-state index in [-0.39, 0.29) is 11.8 Å². The molecule has 100 valence electrons. The lowest BCUT2D eigenvalue weighted by molar-refractivity contribution is -0.120. The molecule has 18 heavy (non-hydrogen) atoms. The molecule has 1 aromatic carbocycles. The first kappa shape index (κ1) is 15.8. The van der Waals surface area contributed by atoms with E-state index < -0.39 is 0 Å². The number of amides is 1. The molecule has 2 nitrogen and oxygen atoms in total. The van der Waals surface area contributed by atoms with Gasteiger partial charge in [-0.25, -0.2) is 0 Å². The van der Waals surface area contributed by atoms with Crippen molar-refractivity contribution in [1.82, 2.24) is 0 Å². The summed E-state index contributed by atoms with van der Waals surface area (Å²) >= 11 is 8.28. The maximum absolute atomic E-state index is 12.1. The minimum Gasteiger partial charge on any atom is -0.324 e. The molecule has 0 bridgehead atoms. The number of unbranched alkanes of at least 4 members (excludes halogenated alkanes) is 1. The molecule has 0 heterocycles. The van der Waals surface area contributed by atoms with Crippen LogP contribution < -0.4 is 5.32 Å². The molecule has 0 aromatic heterocycles. The van der Waals surface area contributed by atoms with Crippen molar-refractivity contribution in [2.24, 2.45) is 5.92 Å². The number of benzene rings is 1. The van der Waals surface area contributed by atoms with Crippen LogP contribution in [0.2, 0.25) is 5.02 Å². The Bertz CT molecular complexity index is 409. The molecule has 0 spiro atoms.